The molecule has 3 heterocycles. The van der Waals surface area contributed by atoms with E-state index in [1.165, 1.54) is 5.56 Å². The maximum Gasteiger partial charge on any atom is 0.333 e. The molecule has 0 radical (unpaired) electrons. The van der Waals surface area contributed by atoms with Crippen molar-refractivity contribution in [3.8, 4) is 16.8 Å². The van der Waals surface area contributed by atoms with E-state index in [-0.39, 0.29) is 5.69 Å². The standard InChI is InChI=1S/C25H22N4O2/c1-28-23-16-27-22-10-7-18(19-4-3-12-26-15-19)14-21(22)24(23)29(25(28)30)20-8-5-17(6-9-20)11-13-31-2/h3-10,12,14-16H,11,13H2,1-2H3. The molecule has 0 amide bonds. The molecule has 0 saturated carbocycles. The number of aromatic nitrogens is 4. The Labute approximate surface area is 179 Å². The van der Waals surface area contributed by atoms with Gasteiger partial charge in [0.15, 0.2) is 0 Å². The fourth-order valence-corrected chi connectivity index (χ4v) is 3.98. The summed E-state index contributed by atoms with van der Waals surface area (Å²) in [4.78, 5) is 22.0. The Morgan fingerprint density at radius 3 is 2.58 bits per heavy atom. The molecule has 6 nitrogen and oxygen atoms in total. The zero-order chi connectivity index (χ0) is 21.4. The summed E-state index contributed by atoms with van der Waals surface area (Å²) >= 11 is 0. The summed E-state index contributed by atoms with van der Waals surface area (Å²) in [5.74, 6) is 0. The number of fused-ring (bicyclic) bond motifs is 3. The second kappa shape index (κ2) is 7.81. The van der Waals surface area contributed by atoms with Gasteiger partial charge in [-0.2, -0.15) is 0 Å². The van der Waals surface area contributed by atoms with Gasteiger partial charge in [-0.25, -0.2) is 4.79 Å². The van der Waals surface area contributed by atoms with Crippen molar-refractivity contribution in [1.82, 2.24) is 19.1 Å². The van der Waals surface area contributed by atoms with E-state index in [2.05, 4.69) is 16.0 Å². The highest BCUT2D eigenvalue weighted by molar-refractivity contribution is 6.04. The van der Waals surface area contributed by atoms with Gasteiger partial charge in [-0.15, -0.1) is 0 Å². The van der Waals surface area contributed by atoms with E-state index >= 15 is 0 Å². The first-order valence-electron chi connectivity index (χ1n) is 10.2. The number of benzene rings is 2. The Bertz CT molecular complexity index is 1430. The molecule has 0 unspecified atom stereocenters. The van der Waals surface area contributed by atoms with Gasteiger partial charge in [-0.1, -0.05) is 24.3 Å². The maximum absolute atomic E-state index is 13.2. The van der Waals surface area contributed by atoms with E-state index in [4.69, 9.17) is 4.74 Å². The first-order valence-corrected chi connectivity index (χ1v) is 10.2. The maximum atomic E-state index is 13.2. The molecule has 6 heteroatoms. The van der Waals surface area contributed by atoms with Gasteiger partial charge in [0.05, 0.1) is 35.0 Å². The Hall–Kier alpha value is -3.77. The average molecular weight is 410 g/mol. The Kier molecular flexibility index (Phi) is 4.84. The second-order valence-electron chi connectivity index (χ2n) is 7.55. The van der Waals surface area contributed by atoms with Crippen LogP contribution >= 0.6 is 0 Å². The number of hydrogen-bond donors (Lipinski definition) is 0. The van der Waals surface area contributed by atoms with Crippen molar-refractivity contribution in [2.75, 3.05) is 13.7 Å². The fraction of sp³-hybridized carbons (Fsp3) is 0.160. The highest BCUT2D eigenvalue weighted by Crippen LogP contribution is 2.29. The lowest BCUT2D eigenvalue weighted by Crippen LogP contribution is -2.20. The predicted molar refractivity (Wildman–Crippen MR) is 123 cm³/mol. The van der Waals surface area contributed by atoms with Crippen LogP contribution in [0, 0.1) is 0 Å². The van der Waals surface area contributed by atoms with Crippen molar-refractivity contribution < 1.29 is 4.74 Å². The highest BCUT2D eigenvalue weighted by Gasteiger charge is 2.16. The molecular formula is C25H22N4O2. The van der Waals surface area contributed by atoms with Gasteiger partial charge in [-0.05, 0) is 47.9 Å². The van der Waals surface area contributed by atoms with E-state index in [0.717, 1.165) is 45.2 Å². The molecule has 0 atom stereocenters. The van der Waals surface area contributed by atoms with Crippen molar-refractivity contribution >= 4 is 21.9 Å². The molecule has 0 aliphatic heterocycles. The van der Waals surface area contributed by atoms with Crippen LogP contribution in [0.1, 0.15) is 5.56 Å². The first kappa shape index (κ1) is 19.2. The van der Waals surface area contributed by atoms with E-state index in [1.54, 1.807) is 35.7 Å². The summed E-state index contributed by atoms with van der Waals surface area (Å²) in [5, 5.41) is 0.931. The summed E-state index contributed by atoms with van der Waals surface area (Å²) in [7, 11) is 3.48. The number of methoxy groups -OCH3 is 1. The van der Waals surface area contributed by atoms with E-state index in [0.29, 0.717) is 6.61 Å². The molecule has 3 aromatic heterocycles. The lowest BCUT2D eigenvalue weighted by Gasteiger charge is -2.09. The van der Waals surface area contributed by atoms with Gasteiger partial charge >= 0.3 is 5.69 Å². The molecule has 0 fully saturated rings. The average Bonchev–Trinajstić information content (AvgIpc) is 3.08. The largest absolute Gasteiger partial charge is 0.384 e. The lowest BCUT2D eigenvalue weighted by atomic mass is 10.0. The zero-order valence-electron chi connectivity index (χ0n) is 17.4. The molecule has 0 N–H and O–H groups in total. The van der Waals surface area contributed by atoms with Gasteiger partial charge in [-0.3, -0.25) is 19.1 Å². The van der Waals surface area contributed by atoms with Crippen LogP contribution in [-0.4, -0.2) is 32.8 Å². The minimum Gasteiger partial charge on any atom is -0.384 e. The number of aryl methyl sites for hydroxylation is 1. The van der Waals surface area contributed by atoms with Crippen LogP contribution in [0.15, 0.2) is 78.0 Å². The quantitative estimate of drug-likeness (QED) is 0.437. The Balaban J connectivity index is 1.75. The number of hydrogen-bond acceptors (Lipinski definition) is 4. The number of ether oxygens (including phenoxy) is 1. The fourth-order valence-electron chi connectivity index (χ4n) is 3.98. The third-order valence-electron chi connectivity index (χ3n) is 5.67. The molecule has 154 valence electrons. The summed E-state index contributed by atoms with van der Waals surface area (Å²) in [5.41, 5.74) is 6.45. The third kappa shape index (κ3) is 3.31. The Morgan fingerprint density at radius 1 is 1.00 bits per heavy atom. The first-order chi connectivity index (χ1) is 15.2. The molecule has 0 aliphatic carbocycles. The summed E-state index contributed by atoms with van der Waals surface area (Å²) in [6, 6.07) is 18.1. The number of pyridine rings is 2. The number of nitrogens with zero attached hydrogens (tertiary/aromatic N) is 4. The highest BCUT2D eigenvalue weighted by atomic mass is 16.5. The van der Waals surface area contributed by atoms with Crippen LogP contribution in [0.4, 0.5) is 0 Å². The number of imidazole rings is 1. The second-order valence-corrected chi connectivity index (χ2v) is 7.55. The molecule has 2 aromatic carbocycles. The molecule has 0 saturated heterocycles. The minimum absolute atomic E-state index is 0.0966. The van der Waals surface area contributed by atoms with E-state index in [9.17, 15) is 4.79 Å². The van der Waals surface area contributed by atoms with Crippen LogP contribution in [-0.2, 0) is 18.2 Å². The van der Waals surface area contributed by atoms with Crippen molar-refractivity contribution in [3.63, 3.8) is 0 Å². The molecular weight excluding hydrogens is 388 g/mol. The van der Waals surface area contributed by atoms with Crippen LogP contribution in [0.25, 0.3) is 38.8 Å². The van der Waals surface area contributed by atoms with Gasteiger partial charge in [0, 0.05) is 37.5 Å². The van der Waals surface area contributed by atoms with Gasteiger partial charge in [0.25, 0.3) is 0 Å². The van der Waals surface area contributed by atoms with Crippen molar-refractivity contribution in [1.29, 1.82) is 0 Å². The molecule has 31 heavy (non-hydrogen) atoms. The van der Waals surface area contributed by atoms with Gasteiger partial charge in [0.2, 0.25) is 0 Å². The topological polar surface area (TPSA) is 61.9 Å². The number of rotatable bonds is 5. The SMILES string of the molecule is COCCc1ccc(-n2c(=O)n(C)c3cnc4ccc(-c5cccnc5)cc4c32)cc1. The molecule has 0 aliphatic rings. The summed E-state index contributed by atoms with van der Waals surface area (Å²) < 4.78 is 8.59. The molecule has 5 aromatic rings. The monoisotopic (exact) mass is 410 g/mol. The van der Waals surface area contributed by atoms with Crippen molar-refractivity contribution in [2.24, 2.45) is 7.05 Å². The molecule has 0 spiro atoms. The van der Waals surface area contributed by atoms with Gasteiger partial charge in [0.1, 0.15) is 0 Å². The van der Waals surface area contributed by atoms with Crippen LogP contribution in [0.2, 0.25) is 0 Å². The summed E-state index contributed by atoms with van der Waals surface area (Å²) in [6.07, 6.45) is 6.20. The van der Waals surface area contributed by atoms with Crippen molar-refractivity contribution in [3.05, 3.63) is 89.2 Å². The van der Waals surface area contributed by atoms with Crippen molar-refractivity contribution in [2.45, 2.75) is 6.42 Å². The molecule has 0 bridgehead atoms. The molecule has 5 rings (SSSR count). The van der Waals surface area contributed by atoms with Crippen LogP contribution in [0.3, 0.4) is 0 Å². The van der Waals surface area contributed by atoms with E-state index < -0.39 is 0 Å². The van der Waals surface area contributed by atoms with Gasteiger partial charge < -0.3 is 4.74 Å². The predicted octanol–water partition coefficient (Wildman–Crippen LogP) is 4.13. The normalized spacial score (nSPS) is 11.4. The summed E-state index contributed by atoms with van der Waals surface area (Å²) in [6.45, 7) is 0.668. The minimum atomic E-state index is -0.0966. The Morgan fingerprint density at radius 2 is 1.84 bits per heavy atom. The van der Waals surface area contributed by atoms with Crippen LogP contribution in [0.5, 0.6) is 0 Å². The third-order valence-corrected chi connectivity index (χ3v) is 5.67. The zero-order valence-corrected chi connectivity index (χ0v) is 17.4. The van der Waals surface area contributed by atoms with E-state index in [1.807, 2.05) is 54.7 Å². The lowest BCUT2D eigenvalue weighted by molar-refractivity contribution is 0.202. The smallest absolute Gasteiger partial charge is 0.333 e. The van der Waals surface area contributed by atoms with Crippen LogP contribution < -0.4 is 5.69 Å².